The molecule has 2 aromatic rings. The normalized spacial score (nSPS) is 12.5. The van der Waals surface area contributed by atoms with Gasteiger partial charge in [0.15, 0.2) is 17.5 Å². The summed E-state index contributed by atoms with van der Waals surface area (Å²) in [6.07, 6.45) is -2.28. The van der Waals surface area contributed by atoms with E-state index in [-0.39, 0.29) is 21.7 Å². The van der Waals surface area contributed by atoms with Crippen LogP contribution in [0.3, 0.4) is 0 Å². The molecule has 140 valence electrons. The molecule has 0 saturated heterocycles. The Labute approximate surface area is 144 Å². The Morgan fingerprint density at radius 3 is 2.64 bits per heavy atom. The van der Waals surface area contributed by atoms with Gasteiger partial charge in [-0.05, 0) is 19.1 Å². The van der Waals surface area contributed by atoms with Gasteiger partial charge in [0.25, 0.3) is 0 Å². The molecule has 2 heterocycles. The maximum Gasteiger partial charge on any atom is 0.405 e. The number of alkyl halides is 3. The zero-order valence-electron chi connectivity index (χ0n) is 12.9. The van der Waals surface area contributed by atoms with E-state index in [2.05, 4.69) is 20.3 Å². The van der Waals surface area contributed by atoms with E-state index < -0.39 is 30.5 Å². The molecule has 0 bridgehead atoms. The summed E-state index contributed by atoms with van der Waals surface area (Å²) in [6.45, 7) is -0.204. The quantitative estimate of drug-likeness (QED) is 0.704. The number of hydrogen-bond acceptors (Lipinski definition) is 6. The van der Waals surface area contributed by atoms with Crippen molar-refractivity contribution in [2.24, 2.45) is 0 Å². The molecule has 2 aromatic heterocycles. The van der Waals surface area contributed by atoms with Crippen molar-refractivity contribution in [1.82, 2.24) is 20.3 Å². The van der Waals surface area contributed by atoms with Gasteiger partial charge in [-0.1, -0.05) is 0 Å². The highest BCUT2D eigenvalue weighted by Gasteiger charge is 2.29. The predicted octanol–water partition coefficient (Wildman–Crippen LogP) is 2.48. The van der Waals surface area contributed by atoms with Gasteiger partial charge in [0.1, 0.15) is 18.4 Å². The molecule has 1 amide bonds. The van der Waals surface area contributed by atoms with Crippen molar-refractivity contribution in [3.05, 3.63) is 30.3 Å². The van der Waals surface area contributed by atoms with Crippen LogP contribution in [0.2, 0.25) is 0 Å². The van der Waals surface area contributed by atoms with Crippen molar-refractivity contribution in [3.8, 4) is 11.4 Å². The molecule has 11 heteroatoms. The Balaban J connectivity index is 0. The van der Waals surface area contributed by atoms with Crippen LogP contribution < -0.4 is 16.4 Å². The van der Waals surface area contributed by atoms with Crippen LogP contribution in [-0.2, 0) is 4.79 Å². The van der Waals surface area contributed by atoms with Crippen molar-refractivity contribution in [2.75, 3.05) is 17.6 Å². The Morgan fingerprint density at radius 1 is 1.32 bits per heavy atom. The molecular formula is C14H20F4N6O. The number of amides is 1. The van der Waals surface area contributed by atoms with E-state index in [1.807, 2.05) is 0 Å². The number of rotatable bonds is 5. The molecule has 25 heavy (non-hydrogen) atoms. The summed E-state index contributed by atoms with van der Waals surface area (Å²) in [5.41, 5.74) is 5.92. The van der Waals surface area contributed by atoms with Gasteiger partial charge in [-0.15, -0.1) is 0 Å². The Morgan fingerprint density at radius 2 is 2.04 bits per heavy atom. The Kier molecular flexibility index (Phi) is 5.35. The topological polar surface area (TPSA) is 106 Å². The Hall–Kier alpha value is -2.98. The number of nitrogens with one attached hydrogen (secondary N) is 2. The second kappa shape index (κ2) is 7.28. The van der Waals surface area contributed by atoms with Crippen molar-refractivity contribution in [3.63, 3.8) is 0 Å². The Bertz CT molecular complexity index is 764. The second-order valence-electron chi connectivity index (χ2n) is 5.06. The molecule has 0 saturated carbocycles. The number of anilines is 2. The minimum absolute atomic E-state index is 0. The van der Waals surface area contributed by atoms with Crippen LogP contribution in [0.5, 0.6) is 0 Å². The van der Waals surface area contributed by atoms with Crippen molar-refractivity contribution >= 4 is 17.5 Å². The summed E-state index contributed by atoms with van der Waals surface area (Å²) >= 11 is 0. The first-order valence-electron chi connectivity index (χ1n) is 7.01. The van der Waals surface area contributed by atoms with Gasteiger partial charge in [0.2, 0.25) is 5.91 Å². The molecule has 0 unspecified atom stereocenters. The lowest BCUT2D eigenvalue weighted by Gasteiger charge is -2.16. The summed E-state index contributed by atoms with van der Waals surface area (Å²) in [5, 5.41) is 4.12. The highest BCUT2D eigenvalue weighted by molar-refractivity contribution is 5.84. The van der Waals surface area contributed by atoms with Gasteiger partial charge in [-0.2, -0.15) is 13.2 Å². The van der Waals surface area contributed by atoms with Crippen LogP contribution in [0, 0.1) is 5.82 Å². The number of hydrogen-bond donors (Lipinski definition) is 3. The van der Waals surface area contributed by atoms with E-state index in [1.165, 1.54) is 19.2 Å². The number of carbonyl (C=O) groups is 1. The standard InChI is InChI=1S/C14H14F4N6O.3H2/c1-7(13(25)22-6-14(16,17)18)23-12-9(15)5-21-11(24-12)8-2-3-10(19)20-4-8;;;/h2-5,7H,6H2,1H3,(H2,19,20)(H,22,25)(H,21,23,24);3*1H/t7-;;;/m0.../s1. The van der Waals surface area contributed by atoms with E-state index in [9.17, 15) is 22.4 Å². The number of pyridine rings is 1. The summed E-state index contributed by atoms with van der Waals surface area (Å²) in [7, 11) is 0. The molecule has 0 aliphatic heterocycles. The van der Waals surface area contributed by atoms with Gasteiger partial charge in [0.05, 0.1) is 6.20 Å². The maximum absolute atomic E-state index is 13.8. The average Bonchev–Trinajstić information content (AvgIpc) is 2.54. The lowest BCUT2D eigenvalue weighted by atomic mass is 10.2. The monoisotopic (exact) mass is 364 g/mol. The molecule has 0 radical (unpaired) electrons. The van der Waals surface area contributed by atoms with E-state index in [0.717, 1.165) is 6.20 Å². The number of carbonyl (C=O) groups excluding carboxylic acids is 1. The van der Waals surface area contributed by atoms with E-state index in [4.69, 9.17) is 5.73 Å². The molecule has 4 N–H and O–H groups in total. The zero-order chi connectivity index (χ0) is 18.6. The molecule has 0 aliphatic carbocycles. The molecule has 0 aliphatic rings. The molecule has 0 aromatic carbocycles. The van der Waals surface area contributed by atoms with Gasteiger partial charge < -0.3 is 16.4 Å². The van der Waals surface area contributed by atoms with Crippen LogP contribution >= 0.6 is 0 Å². The maximum atomic E-state index is 13.8. The van der Waals surface area contributed by atoms with Crippen LogP contribution in [0.25, 0.3) is 11.4 Å². The summed E-state index contributed by atoms with van der Waals surface area (Å²) in [5.74, 6) is -1.75. The fourth-order valence-corrected chi connectivity index (χ4v) is 1.76. The van der Waals surface area contributed by atoms with Crippen molar-refractivity contribution < 1.29 is 26.6 Å². The molecule has 2 rings (SSSR count). The number of nitrogens with zero attached hydrogens (tertiary/aromatic N) is 3. The third-order valence-electron chi connectivity index (χ3n) is 3.00. The first-order chi connectivity index (χ1) is 11.7. The first-order valence-corrected chi connectivity index (χ1v) is 7.01. The van der Waals surface area contributed by atoms with E-state index >= 15 is 0 Å². The number of nitrogens with two attached hydrogens (primary N) is 1. The fourth-order valence-electron chi connectivity index (χ4n) is 1.76. The minimum Gasteiger partial charge on any atom is -0.384 e. The van der Waals surface area contributed by atoms with Gasteiger partial charge in [-0.3, -0.25) is 4.79 Å². The smallest absolute Gasteiger partial charge is 0.384 e. The van der Waals surface area contributed by atoms with Crippen LogP contribution in [0.4, 0.5) is 29.2 Å². The average molecular weight is 364 g/mol. The number of nitrogen functional groups attached to an aromatic ring is 1. The fraction of sp³-hybridized carbons (Fsp3) is 0.286. The van der Waals surface area contributed by atoms with Crippen molar-refractivity contribution in [2.45, 2.75) is 19.1 Å². The third-order valence-corrected chi connectivity index (χ3v) is 3.00. The van der Waals surface area contributed by atoms with E-state index in [0.29, 0.717) is 5.56 Å². The zero-order valence-corrected chi connectivity index (χ0v) is 12.9. The highest BCUT2D eigenvalue weighted by Crippen LogP contribution is 2.19. The molecule has 1 atom stereocenters. The predicted molar refractivity (Wildman–Crippen MR) is 88.1 cm³/mol. The second-order valence-corrected chi connectivity index (χ2v) is 5.06. The molecular weight excluding hydrogens is 344 g/mol. The molecule has 0 spiro atoms. The summed E-state index contributed by atoms with van der Waals surface area (Å²) < 4.78 is 50.1. The third kappa shape index (κ3) is 5.26. The number of halogens is 4. The first kappa shape index (κ1) is 18.4. The SMILES string of the molecule is C[C@H](Nc1nc(-c2ccc(N)nc2)ncc1F)C(=O)NCC(F)(F)F.[HH].[HH].[HH]. The lowest BCUT2D eigenvalue weighted by Crippen LogP contribution is -2.42. The summed E-state index contributed by atoms with van der Waals surface area (Å²) in [6, 6.07) is 1.92. The molecule has 7 nitrogen and oxygen atoms in total. The largest absolute Gasteiger partial charge is 0.405 e. The summed E-state index contributed by atoms with van der Waals surface area (Å²) in [4.78, 5) is 23.2. The van der Waals surface area contributed by atoms with Gasteiger partial charge in [0, 0.05) is 16.0 Å². The van der Waals surface area contributed by atoms with Gasteiger partial charge in [-0.25, -0.2) is 19.3 Å². The lowest BCUT2D eigenvalue weighted by molar-refractivity contribution is -0.138. The van der Waals surface area contributed by atoms with Gasteiger partial charge >= 0.3 is 6.18 Å². The molecule has 0 fully saturated rings. The highest BCUT2D eigenvalue weighted by atomic mass is 19.4. The van der Waals surface area contributed by atoms with Crippen molar-refractivity contribution in [1.29, 1.82) is 0 Å². The van der Waals surface area contributed by atoms with Crippen LogP contribution in [0.15, 0.2) is 24.5 Å². The van der Waals surface area contributed by atoms with E-state index in [1.54, 1.807) is 11.4 Å². The number of aromatic nitrogens is 3. The van der Waals surface area contributed by atoms with Crippen LogP contribution in [0.1, 0.15) is 11.2 Å². The minimum atomic E-state index is -4.54. The van der Waals surface area contributed by atoms with Crippen LogP contribution in [-0.4, -0.2) is 39.6 Å².